The highest BCUT2D eigenvalue weighted by Gasteiger charge is 2.05. The van der Waals surface area contributed by atoms with Crippen LogP contribution < -0.4 is 0 Å². The van der Waals surface area contributed by atoms with Gasteiger partial charge in [-0.05, 0) is 25.8 Å². The molecule has 0 saturated heterocycles. The van der Waals surface area contributed by atoms with E-state index in [2.05, 4.69) is 13.2 Å². The fourth-order valence-electron chi connectivity index (χ4n) is 1.19. The fraction of sp³-hybridized carbons (Fsp3) is 0.429. The number of ketones is 1. The molecule has 0 radical (unpaired) electrons. The number of esters is 1. The lowest BCUT2D eigenvalue weighted by Crippen LogP contribution is -2.12. The van der Waals surface area contributed by atoms with E-state index in [0.717, 1.165) is 12.8 Å². The van der Waals surface area contributed by atoms with E-state index in [4.69, 9.17) is 4.74 Å². The summed E-state index contributed by atoms with van der Waals surface area (Å²) in [5, 5.41) is 0. The summed E-state index contributed by atoms with van der Waals surface area (Å²) in [6, 6.07) is 0. The third-order valence-corrected chi connectivity index (χ3v) is 2.05. The third kappa shape index (κ3) is 9.30. The van der Waals surface area contributed by atoms with E-state index in [1.807, 2.05) is 0 Å². The Morgan fingerprint density at radius 1 is 1.24 bits per heavy atom. The Kier molecular flexibility index (Phi) is 8.65. The van der Waals surface area contributed by atoms with E-state index in [1.165, 1.54) is 12.2 Å². The average Bonchev–Trinajstić information content (AvgIpc) is 2.27. The molecule has 0 unspecified atom stereocenters. The molecule has 94 valence electrons. The summed E-state index contributed by atoms with van der Waals surface area (Å²) < 4.78 is 5.00. The molecule has 0 saturated carbocycles. The Morgan fingerprint density at radius 3 is 2.53 bits per heavy atom. The van der Waals surface area contributed by atoms with E-state index in [1.54, 1.807) is 19.1 Å². The highest BCUT2D eigenvalue weighted by Crippen LogP contribution is 2.00. The molecule has 1 atom stereocenters. The molecule has 0 amide bonds. The fourth-order valence-corrected chi connectivity index (χ4v) is 1.19. The van der Waals surface area contributed by atoms with Gasteiger partial charge in [0.15, 0.2) is 5.78 Å². The second-order valence-corrected chi connectivity index (χ2v) is 3.75. The highest BCUT2D eigenvalue weighted by atomic mass is 16.5. The number of unbranched alkanes of at least 4 members (excludes halogenated alkanes) is 1. The van der Waals surface area contributed by atoms with Crippen molar-refractivity contribution in [1.29, 1.82) is 0 Å². The van der Waals surface area contributed by atoms with Crippen LogP contribution in [0, 0.1) is 0 Å². The number of hydrogen-bond donors (Lipinski definition) is 0. The van der Waals surface area contributed by atoms with Crippen LogP contribution in [0.4, 0.5) is 0 Å². The van der Waals surface area contributed by atoms with Gasteiger partial charge in [0.05, 0.1) is 0 Å². The molecule has 0 aromatic carbocycles. The van der Waals surface area contributed by atoms with E-state index >= 15 is 0 Å². The predicted molar refractivity (Wildman–Crippen MR) is 68.6 cm³/mol. The van der Waals surface area contributed by atoms with Gasteiger partial charge >= 0.3 is 5.97 Å². The first kappa shape index (κ1) is 15.4. The van der Waals surface area contributed by atoms with Gasteiger partial charge in [0, 0.05) is 18.9 Å². The Labute approximate surface area is 103 Å². The molecular weight excluding hydrogens is 216 g/mol. The topological polar surface area (TPSA) is 43.4 Å². The van der Waals surface area contributed by atoms with Crippen LogP contribution in [0.5, 0.6) is 0 Å². The number of rotatable bonds is 9. The van der Waals surface area contributed by atoms with Crippen molar-refractivity contribution in [2.45, 2.75) is 38.7 Å². The molecule has 0 aromatic rings. The zero-order chi connectivity index (χ0) is 13.1. The summed E-state index contributed by atoms with van der Waals surface area (Å²) in [6.07, 6.45) is 8.28. The van der Waals surface area contributed by atoms with E-state index in [0.29, 0.717) is 12.8 Å². The van der Waals surface area contributed by atoms with Crippen molar-refractivity contribution in [3.63, 3.8) is 0 Å². The summed E-state index contributed by atoms with van der Waals surface area (Å²) in [5.41, 5.74) is 0. The molecule has 0 N–H and O–H groups in total. The van der Waals surface area contributed by atoms with Crippen LogP contribution in [0.2, 0.25) is 0 Å². The zero-order valence-electron chi connectivity index (χ0n) is 10.4. The second kappa shape index (κ2) is 9.58. The molecule has 0 aliphatic rings. The van der Waals surface area contributed by atoms with Gasteiger partial charge in [0.25, 0.3) is 0 Å². The minimum atomic E-state index is -0.489. The maximum Gasteiger partial charge on any atom is 0.331 e. The Balaban J connectivity index is 3.89. The normalized spacial score (nSPS) is 12.1. The minimum Gasteiger partial charge on any atom is -0.459 e. The Morgan fingerprint density at radius 2 is 1.94 bits per heavy atom. The first-order valence-electron chi connectivity index (χ1n) is 5.73. The summed E-state index contributed by atoms with van der Waals surface area (Å²) >= 11 is 0. The summed E-state index contributed by atoms with van der Waals surface area (Å²) in [4.78, 5) is 22.5. The van der Waals surface area contributed by atoms with Gasteiger partial charge in [-0.2, -0.15) is 0 Å². The summed E-state index contributed by atoms with van der Waals surface area (Å²) in [5.74, 6) is -0.559. The molecule has 0 rings (SSSR count). The van der Waals surface area contributed by atoms with E-state index in [-0.39, 0.29) is 11.9 Å². The van der Waals surface area contributed by atoms with Crippen LogP contribution in [0.1, 0.15) is 32.6 Å². The lowest BCUT2D eigenvalue weighted by molar-refractivity contribution is -0.142. The van der Waals surface area contributed by atoms with Gasteiger partial charge in [-0.1, -0.05) is 12.2 Å². The van der Waals surface area contributed by atoms with Gasteiger partial charge in [-0.3, -0.25) is 4.79 Å². The van der Waals surface area contributed by atoms with Crippen LogP contribution in [-0.4, -0.2) is 17.9 Å². The van der Waals surface area contributed by atoms with Crippen LogP contribution in [-0.2, 0) is 14.3 Å². The molecule has 17 heavy (non-hydrogen) atoms. The number of ether oxygens (including phenoxy) is 1. The highest BCUT2D eigenvalue weighted by molar-refractivity contribution is 5.95. The second-order valence-electron chi connectivity index (χ2n) is 3.75. The van der Waals surface area contributed by atoms with Gasteiger partial charge in [-0.25, -0.2) is 4.79 Å². The van der Waals surface area contributed by atoms with Crippen molar-refractivity contribution < 1.29 is 14.3 Å². The molecular formula is C14H20O3. The molecule has 0 aliphatic carbocycles. The van der Waals surface area contributed by atoms with Crippen molar-refractivity contribution in [2.24, 2.45) is 0 Å². The molecule has 0 spiro atoms. The van der Waals surface area contributed by atoms with Crippen LogP contribution in [0.25, 0.3) is 0 Å². The molecule has 0 bridgehead atoms. The van der Waals surface area contributed by atoms with Crippen molar-refractivity contribution in [3.05, 3.63) is 37.5 Å². The number of hydrogen-bond acceptors (Lipinski definition) is 3. The number of carbonyl (C=O) groups is 2. The van der Waals surface area contributed by atoms with Crippen molar-refractivity contribution in [3.8, 4) is 0 Å². The van der Waals surface area contributed by atoms with E-state index < -0.39 is 5.97 Å². The van der Waals surface area contributed by atoms with Gasteiger partial charge < -0.3 is 4.74 Å². The number of carbonyl (C=O) groups excluding carboxylic acids is 2. The molecule has 3 heteroatoms. The third-order valence-electron chi connectivity index (χ3n) is 2.05. The van der Waals surface area contributed by atoms with Crippen LogP contribution >= 0.6 is 0 Å². The van der Waals surface area contributed by atoms with Gasteiger partial charge in [0.1, 0.15) is 6.10 Å². The zero-order valence-corrected chi connectivity index (χ0v) is 10.4. The smallest absolute Gasteiger partial charge is 0.331 e. The molecule has 3 nitrogen and oxygen atoms in total. The summed E-state index contributed by atoms with van der Waals surface area (Å²) in [6.45, 7) is 8.90. The lowest BCUT2D eigenvalue weighted by atomic mass is 10.1. The summed E-state index contributed by atoms with van der Waals surface area (Å²) in [7, 11) is 0. The van der Waals surface area contributed by atoms with Crippen molar-refractivity contribution in [1.82, 2.24) is 0 Å². The standard InChI is InChI=1S/C14H20O3/c1-4-6-7-9-13(15)10-11-14(16)17-12(3)8-5-2/h4-5,10-12H,1-2,6-9H2,3H3/b11-10+/t12-/m1/s1. The van der Waals surface area contributed by atoms with Gasteiger partial charge in [-0.15, -0.1) is 13.2 Å². The quantitative estimate of drug-likeness (QED) is 0.267. The van der Waals surface area contributed by atoms with Gasteiger partial charge in [0.2, 0.25) is 0 Å². The molecule has 0 aliphatic heterocycles. The maximum absolute atomic E-state index is 11.3. The lowest BCUT2D eigenvalue weighted by Gasteiger charge is -2.08. The average molecular weight is 236 g/mol. The minimum absolute atomic E-state index is 0.0693. The predicted octanol–water partition coefficient (Wildman–Crippen LogP) is 2.98. The molecule has 0 aromatic heterocycles. The molecule has 0 fully saturated rings. The number of allylic oxidation sites excluding steroid dienone is 2. The Bertz CT molecular complexity index is 303. The molecule has 0 heterocycles. The first-order chi connectivity index (χ1) is 8.10. The van der Waals surface area contributed by atoms with Crippen LogP contribution in [0.15, 0.2) is 37.5 Å². The van der Waals surface area contributed by atoms with Crippen molar-refractivity contribution >= 4 is 11.8 Å². The Hall–Kier alpha value is -1.64. The monoisotopic (exact) mass is 236 g/mol. The van der Waals surface area contributed by atoms with E-state index in [9.17, 15) is 9.59 Å². The van der Waals surface area contributed by atoms with Crippen LogP contribution in [0.3, 0.4) is 0 Å². The maximum atomic E-state index is 11.3. The van der Waals surface area contributed by atoms with Crippen molar-refractivity contribution in [2.75, 3.05) is 0 Å². The largest absolute Gasteiger partial charge is 0.459 e. The SMILES string of the molecule is C=CCCCC(=O)/C=C/C(=O)O[C@H](C)CC=C. The first-order valence-corrected chi connectivity index (χ1v) is 5.73.